The van der Waals surface area contributed by atoms with Crippen molar-refractivity contribution in [2.24, 2.45) is 4.99 Å². The van der Waals surface area contributed by atoms with Crippen LogP contribution in [0.3, 0.4) is 0 Å². The Hall–Kier alpha value is -2.19. The lowest BCUT2D eigenvalue weighted by atomic mass is 10.2. The highest BCUT2D eigenvalue weighted by Gasteiger charge is 2.09. The predicted molar refractivity (Wildman–Crippen MR) is 137 cm³/mol. The first-order valence-electron chi connectivity index (χ1n) is 10.9. The molecule has 0 atom stereocenters. The van der Waals surface area contributed by atoms with E-state index in [-0.39, 0.29) is 0 Å². The second-order valence-corrected chi connectivity index (χ2v) is 8.86. The van der Waals surface area contributed by atoms with Crippen LogP contribution in [0, 0.1) is 0 Å². The summed E-state index contributed by atoms with van der Waals surface area (Å²) in [6, 6.07) is 14.6. The number of pyridine rings is 1. The molecule has 31 heavy (non-hydrogen) atoms. The van der Waals surface area contributed by atoms with Gasteiger partial charge in [-0.15, -0.1) is 0 Å². The highest BCUT2D eigenvalue weighted by Crippen LogP contribution is 2.17. The number of aromatic nitrogens is 1. The van der Waals surface area contributed by atoms with Gasteiger partial charge in [-0.3, -0.25) is 4.99 Å². The van der Waals surface area contributed by atoms with Crippen molar-refractivity contribution in [2.45, 2.75) is 25.8 Å². The van der Waals surface area contributed by atoms with Crippen molar-refractivity contribution in [3.8, 4) is 0 Å². The van der Waals surface area contributed by atoms with Crippen LogP contribution in [0.1, 0.15) is 24.8 Å². The molecule has 8 heteroatoms. The minimum Gasteiger partial charge on any atom is -0.363 e. The lowest BCUT2D eigenvalue weighted by molar-refractivity contribution is 0.454. The van der Waals surface area contributed by atoms with Crippen LogP contribution in [0.25, 0.3) is 0 Å². The van der Waals surface area contributed by atoms with Gasteiger partial charge < -0.3 is 20.4 Å². The van der Waals surface area contributed by atoms with E-state index in [1.165, 1.54) is 5.56 Å². The van der Waals surface area contributed by atoms with Gasteiger partial charge in [0.1, 0.15) is 5.82 Å². The molecule has 3 rings (SSSR count). The predicted octanol–water partition coefficient (Wildman–Crippen LogP) is 3.83. The van der Waals surface area contributed by atoms with Gasteiger partial charge >= 0.3 is 0 Å². The van der Waals surface area contributed by atoms with Crippen molar-refractivity contribution in [3.63, 3.8) is 0 Å². The van der Waals surface area contributed by atoms with Crippen molar-refractivity contribution in [1.82, 2.24) is 20.5 Å². The summed E-state index contributed by atoms with van der Waals surface area (Å²) in [4.78, 5) is 13.4. The molecule has 0 fully saturated rings. The van der Waals surface area contributed by atoms with Gasteiger partial charge in [-0.1, -0.05) is 34.1 Å². The monoisotopic (exact) mass is 502 g/mol. The Bertz CT molecular complexity index is 815. The maximum atomic E-state index is 5.39. The topological polar surface area (TPSA) is 55.8 Å². The minimum atomic E-state index is 0.742. The van der Waals surface area contributed by atoms with Crippen molar-refractivity contribution < 1.29 is 0 Å². The number of rotatable bonds is 12. The Kier molecular flexibility index (Phi) is 10.0. The maximum absolute atomic E-state index is 5.39. The van der Waals surface area contributed by atoms with Crippen LogP contribution >= 0.6 is 28.1 Å². The fourth-order valence-electron chi connectivity index (χ4n) is 3.39. The zero-order valence-electron chi connectivity index (χ0n) is 17.8. The van der Waals surface area contributed by atoms with Gasteiger partial charge in [0.15, 0.2) is 5.11 Å². The number of aliphatic imine (C=N–C) groups is 1. The van der Waals surface area contributed by atoms with Crippen LogP contribution in [0.4, 0.5) is 5.82 Å². The molecule has 0 spiro atoms. The molecular formula is C23H31BrN6S. The number of halogens is 1. The van der Waals surface area contributed by atoms with Gasteiger partial charge in [0, 0.05) is 49.9 Å². The van der Waals surface area contributed by atoms with Crippen LogP contribution in [0.2, 0.25) is 0 Å². The number of nitrogens with zero attached hydrogens (tertiary/aromatic N) is 4. The third-order valence-corrected chi connectivity index (χ3v) is 5.89. The minimum absolute atomic E-state index is 0.742. The van der Waals surface area contributed by atoms with Crippen molar-refractivity contribution in [3.05, 3.63) is 58.7 Å². The largest absolute Gasteiger partial charge is 0.363 e. The number of hydrogen-bond acceptors (Lipinski definition) is 5. The number of nitrogens with one attached hydrogen (secondary N) is 2. The van der Waals surface area contributed by atoms with Crippen molar-refractivity contribution in [2.75, 3.05) is 44.2 Å². The summed E-state index contributed by atoms with van der Waals surface area (Å²) >= 11 is 8.90. The van der Waals surface area contributed by atoms with E-state index in [0.717, 1.165) is 80.5 Å². The van der Waals surface area contributed by atoms with E-state index in [2.05, 4.69) is 76.7 Å². The zero-order chi connectivity index (χ0) is 21.7. The second kappa shape index (κ2) is 13.3. The molecule has 6 nitrogen and oxygen atoms in total. The molecule has 1 aromatic carbocycles. The lowest BCUT2D eigenvalue weighted by Crippen LogP contribution is -2.37. The summed E-state index contributed by atoms with van der Waals surface area (Å²) < 4.78 is 1.10. The molecule has 2 N–H and O–H groups in total. The molecule has 0 bridgehead atoms. The van der Waals surface area contributed by atoms with Crippen LogP contribution in [-0.4, -0.2) is 60.6 Å². The first-order chi connectivity index (χ1) is 15.2. The highest BCUT2D eigenvalue weighted by atomic mass is 79.9. The molecule has 1 aromatic heterocycles. The SMILES string of the molecule is S=C(NCCCCN(Cc1ccc(Br)cc1)c1ccccn1)NCCCN1C=NCC1. The van der Waals surface area contributed by atoms with Crippen LogP contribution in [0.5, 0.6) is 0 Å². The maximum Gasteiger partial charge on any atom is 0.166 e. The highest BCUT2D eigenvalue weighted by molar-refractivity contribution is 9.10. The van der Waals surface area contributed by atoms with Crippen molar-refractivity contribution >= 4 is 45.4 Å². The fraction of sp³-hybridized carbons (Fsp3) is 0.435. The van der Waals surface area contributed by atoms with Gasteiger partial charge in [0.25, 0.3) is 0 Å². The standard InChI is InChI=1S/C23H31BrN6S/c24-21-9-7-20(8-10-21)18-30(22-6-1-2-11-26-22)16-4-3-12-27-23(31)28-13-5-15-29-17-14-25-19-29/h1-2,6-11,19H,3-5,12-18H2,(H2,27,28,31). The Labute approximate surface area is 199 Å². The molecule has 166 valence electrons. The number of hydrogen-bond donors (Lipinski definition) is 2. The Morgan fingerprint density at radius 3 is 2.58 bits per heavy atom. The lowest BCUT2D eigenvalue weighted by Gasteiger charge is -2.24. The first-order valence-corrected chi connectivity index (χ1v) is 12.1. The molecular weight excluding hydrogens is 472 g/mol. The number of benzene rings is 1. The Balaban J connectivity index is 1.33. The van der Waals surface area contributed by atoms with Crippen molar-refractivity contribution in [1.29, 1.82) is 0 Å². The molecule has 1 aliphatic heterocycles. The molecule has 0 saturated carbocycles. The van der Waals surface area contributed by atoms with E-state index in [4.69, 9.17) is 12.2 Å². The van der Waals surface area contributed by atoms with Crippen LogP contribution < -0.4 is 15.5 Å². The Morgan fingerprint density at radius 1 is 1.06 bits per heavy atom. The second-order valence-electron chi connectivity index (χ2n) is 7.54. The molecule has 0 saturated heterocycles. The summed E-state index contributed by atoms with van der Waals surface area (Å²) in [6.45, 7) is 6.55. The van der Waals surface area contributed by atoms with E-state index in [0.29, 0.717) is 0 Å². The van der Waals surface area contributed by atoms with E-state index >= 15 is 0 Å². The van der Waals surface area contributed by atoms with E-state index in [1.807, 2.05) is 24.7 Å². The number of unbranched alkanes of at least 4 members (excludes halogenated alkanes) is 1. The van der Waals surface area contributed by atoms with E-state index in [1.54, 1.807) is 0 Å². The molecule has 0 amide bonds. The van der Waals surface area contributed by atoms with Crippen LogP contribution in [0.15, 0.2) is 58.1 Å². The summed E-state index contributed by atoms with van der Waals surface area (Å²) in [5, 5.41) is 7.36. The summed E-state index contributed by atoms with van der Waals surface area (Å²) in [7, 11) is 0. The van der Waals surface area contributed by atoms with Gasteiger partial charge in [0.2, 0.25) is 0 Å². The molecule has 2 heterocycles. The normalized spacial score (nSPS) is 12.7. The third-order valence-electron chi connectivity index (χ3n) is 5.07. The van der Waals surface area contributed by atoms with Gasteiger partial charge in [0.05, 0.1) is 12.9 Å². The summed E-state index contributed by atoms with van der Waals surface area (Å²) in [5.74, 6) is 1.01. The average molecular weight is 504 g/mol. The molecule has 2 aromatic rings. The van der Waals surface area contributed by atoms with Crippen LogP contribution in [-0.2, 0) is 6.54 Å². The number of thiocarbonyl (C=S) groups is 1. The van der Waals surface area contributed by atoms with E-state index < -0.39 is 0 Å². The van der Waals surface area contributed by atoms with Gasteiger partial charge in [-0.2, -0.15) is 0 Å². The number of anilines is 1. The quantitative estimate of drug-likeness (QED) is 0.339. The Morgan fingerprint density at radius 2 is 1.87 bits per heavy atom. The van der Waals surface area contributed by atoms with E-state index in [9.17, 15) is 0 Å². The molecule has 0 aliphatic carbocycles. The third kappa shape index (κ3) is 8.83. The molecule has 0 radical (unpaired) electrons. The zero-order valence-corrected chi connectivity index (χ0v) is 20.2. The average Bonchev–Trinajstić information content (AvgIpc) is 3.31. The molecule has 0 unspecified atom stereocenters. The molecule has 1 aliphatic rings. The van der Waals surface area contributed by atoms with Gasteiger partial charge in [-0.25, -0.2) is 4.98 Å². The smallest absolute Gasteiger partial charge is 0.166 e. The first kappa shape index (κ1) is 23.5. The summed E-state index contributed by atoms with van der Waals surface area (Å²) in [5.41, 5.74) is 1.28. The van der Waals surface area contributed by atoms with Gasteiger partial charge in [-0.05, 0) is 61.3 Å². The summed E-state index contributed by atoms with van der Waals surface area (Å²) in [6.07, 6.45) is 6.98. The fourth-order valence-corrected chi connectivity index (χ4v) is 3.86.